The van der Waals surface area contributed by atoms with Crippen molar-refractivity contribution in [3.63, 3.8) is 0 Å². The number of hydrogen-bond donors (Lipinski definition) is 1. The monoisotopic (exact) mass is 271 g/mol. The molecular formula is C13H12F3NO2. The SMILES string of the molecule is NCc1ccoc1COc1cccc(C(F)(F)F)c1. The number of hydrogen-bond acceptors (Lipinski definition) is 3. The van der Waals surface area contributed by atoms with E-state index in [1.54, 1.807) is 6.07 Å². The van der Waals surface area contributed by atoms with Gasteiger partial charge in [-0.25, -0.2) is 0 Å². The first kappa shape index (κ1) is 13.5. The van der Waals surface area contributed by atoms with Crippen LogP contribution in [0.4, 0.5) is 13.2 Å². The fraction of sp³-hybridized carbons (Fsp3) is 0.231. The van der Waals surface area contributed by atoms with Crippen LogP contribution in [0.5, 0.6) is 5.75 Å². The van der Waals surface area contributed by atoms with E-state index in [4.69, 9.17) is 14.9 Å². The minimum absolute atomic E-state index is 0.0425. The molecule has 0 unspecified atom stereocenters. The van der Waals surface area contributed by atoms with Crippen LogP contribution in [0.15, 0.2) is 41.0 Å². The Kier molecular flexibility index (Phi) is 3.80. The highest BCUT2D eigenvalue weighted by Crippen LogP contribution is 2.31. The summed E-state index contributed by atoms with van der Waals surface area (Å²) in [7, 11) is 0. The van der Waals surface area contributed by atoms with Gasteiger partial charge >= 0.3 is 6.18 Å². The van der Waals surface area contributed by atoms with Gasteiger partial charge in [0.2, 0.25) is 0 Å². The molecule has 3 nitrogen and oxygen atoms in total. The summed E-state index contributed by atoms with van der Waals surface area (Å²) in [5.74, 6) is 0.647. The Bertz CT molecular complexity index is 549. The van der Waals surface area contributed by atoms with Crippen molar-refractivity contribution in [2.75, 3.05) is 0 Å². The van der Waals surface area contributed by atoms with Crippen molar-refractivity contribution in [2.24, 2.45) is 5.73 Å². The van der Waals surface area contributed by atoms with E-state index in [9.17, 15) is 13.2 Å². The molecule has 1 heterocycles. The highest BCUT2D eigenvalue weighted by Gasteiger charge is 2.30. The molecule has 1 aromatic carbocycles. The van der Waals surface area contributed by atoms with E-state index in [0.717, 1.165) is 17.7 Å². The third-order valence-corrected chi connectivity index (χ3v) is 2.59. The highest BCUT2D eigenvalue weighted by molar-refractivity contribution is 5.30. The van der Waals surface area contributed by atoms with Crippen LogP contribution in [-0.4, -0.2) is 0 Å². The molecule has 0 bridgehead atoms. The molecule has 0 radical (unpaired) electrons. The molecule has 6 heteroatoms. The Hall–Kier alpha value is -1.95. The number of alkyl halides is 3. The number of rotatable bonds is 4. The van der Waals surface area contributed by atoms with E-state index in [2.05, 4.69) is 0 Å². The van der Waals surface area contributed by atoms with Crippen LogP contribution < -0.4 is 10.5 Å². The molecule has 0 saturated heterocycles. The lowest BCUT2D eigenvalue weighted by atomic mass is 10.2. The Labute approximate surface area is 107 Å². The molecule has 0 aliphatic heterocycles. The molecule has 0 amide bonds. The van der Waals surface area contributed by atoms with Gasteiger partial charge in [-0.05, 0) is 24.3 Å². The van der Waals surface area contributed by atoms with Crippen molar-refractivity contribution >= 4 is 0 Å². The largest absolute Gasteiger partial charge is 0.486 e. The molecule has 2 aromatic rings. The Balaban J connectivity index is 2.08. The molecule has 0 saturated carbocycles. The molecule has 0 spiro atoms. The van der Waals surface area contributed by atoms with E-state index < -0.39 is 11.7 Å². The third-order valence-electron chi connectivity index (χ3n) is 2.59. The molecule has 2 N–H and O–H groups in total. The normalized spacial score (nSPS) is 11.6. The second-order valence-electron chi connectivity index (χ2n) is 3.89. The van der Waals surface area contributed by atoms with E-state index in [0.29, 0.717) is 5.76 Å². The Morgan fingerprint density at radius 2 is 2.00 bits per heavy atom. The quantitative estimate of drug-likeness (QED) is 0.927. The second kappa shape index (κ2) is 5.36. The van der Waals surface area contributed by atoms with Gasteiger partial charge in [0.05, 0.1) is 11.8 Å². The van der Waals surface area contributed by atoms with Crippen molar-refractivity contribution in [3.8, 4) is 5.75 Å². The average Bonchev–Trinajstić information content (AvgIpc) is 2.83. The van der Waals surface area contributed by atoms with Gasteiger partial charge in [-0.1, -0.05) is 6.07 Å². The van der Waals surface area contributed by atoms with Crippen LogP contribution in [0.1, 0.15) is 16.9 Å². The molecule has 0 atom stereocenters. The summed E-state index contributed by atoms with van der Waals surface area (Å²) in [4.78, 5) is 0. The van der Waals surface area contributed by atoms with E-state index in [-0.39, 0.29) is 18.9 Å². The van der Waals surface area contributed by atoms with Gasteiger partial charge in [0.1, 0.15) is 18.1 Å². The standard InChI is InChI=1S/C13H12F3NO2/c14-13(15,16)10-2-1-3-11(6-10)19-8-12-9(7-17)4-5-18-12/h1-6H,7-8,17H2. The molecule has 0 aliphatic rings. The lowest BCUT2D eigenvalue weighted by Crippen LogP contribution is -2.06. The van der Waals surface area contributed by atoms with Crippen LogP contribution in [0.2, 0.25) is 0 Å². The number of ether oxygens (including phenoxy) is 1. The maximum absolute atomic E-state index is 12.5. The summed E-state index contributed by atoms with van der Waals surface area (Å²) < 4.78 is 48.0. The zero-order chi connectivity index (χ0) is 13.9. The van der Waals surface area contributed by atoms with Crippen LogP contribution in [0.3, 0.4) is 0 Å². The van der Waals surface area contributed by atoms with Crippen LogP contribution in [0, 0.1) is 0 Å². The van der Waals surface area contributed by atoms with Crippen molar-refractivity contribution in [1.29, 1.82) is 0 Å². The first-order valence-electron chi connectivity index (χ1n) is 5.56. The van der Waals surface area contributed by atoms with Crippen molar-refractivity contribution < 1.29 is 22.3 Å². The van der Waals surface area contributed by atoms with Crippen LogP contribution in [-0.2, 0) is 19.3 Å². The summed E-state index contributed by atoms with van der Waals surface area (Å²) in [5, 5.41) is 0. The fourth-order valence-corrected chi connectivity index (χ4v) is 1.59. The second-order valence-corrected chi connectivity index (χ2v) is 3.89. The number of benzene rings is 1. The molecular weight excluding hydrogens is 259 g/mol. The first-order valence-corrected chi connectivity index (χ1v) is 5.56. The van der Waals surface area contributed by atoms with Gasteiger partial charge in [-0.3, -0.25) is 0 Å². The molecule has 1 aromatic heterocycles. The predicted octanol–water partition coefficient (Wildman–Crippen LogP) is 3.34. The predicted molar refractivity (Wildman–Crippen MR) is 62.4 cm³/mol. The van der Waals surface area contributed by atoms with Crippen molar-refractivity contribution in [2.45, 2.75) is 19.3 Å². The van der Waals surface area contributed by atoms with Gasteiger partial charge in [0, 0.05) is 12.1 Å². The minimum Gasteiger partial charge on any atom is -0.486 e. The van der Waals surface area contributed by atoms with Crippen LogP contribution >= 0.6 is 0 Å². The number of halogens is 3. The average molecular weight is 271 g/mol. The summed E-state index contributed by atoms with van der Waals surface area (Å²) in [6.45, 7) is 0.332. The maximum atomic E-state index is 12.5. The molecule has 0 fully saturated rings. The lowest BCUT2D eigenvalue weighted by Gasteiger charge is -2.09. The Morgan fingerprint density at radius 3 is 2.68 bits per heavy atom. The first-order chi connectivity index (χ1) is 9.00. The summed E-state index contributed by atoms with van der Waals surface area (Å²) >= 11 is 0. The van der Waals surface area contributed by atoms with Gasteiger partial charge in [0.25, 0.3) is 0 Å². The van der Waals surface area contributed by atoms with Gasteiger partial charge < -0.3 is 14.9 Å². The molecule has 0 aliphatic carbocycles. The summed E-state index contributed by atoms with van der Waals surface area (Å²) in [6, 6.07) is 6.39. The maximum Gasteiger partial charge on any atom is 0.416 e. The topological polar surface area (TPSA) is 48.4 Å². The number of furan rings is 1. The smallest absolute Gasteiger partial charge is 0.416 e. The van der Waals surface area contributed by atoms with Gasteiger partial charge in [0.15, 0.2) is 0 Å². The van der Waals surface area contributed by atoms with Crippen molar-refractivity contribution in [1.82, 2.24) is 0 Å². The number of nitrogens with two attached hydrogens (primary N) is 1. The van der Waals surface area contributed by atoms with E-state index in [1.807, 2.05) is 0 Å². The fourth-order valence-electron chi connectivity index (χ4n) is 1.59. The molecule has 19 heavy (non-hydrogen) atoms. The van der Waals surface area contributed by atoms with Gasteiger partial charge in [-0.15, -0.1) is 0 Å². The van der Waals surface area contributed by atoms with E-state index >= 15 is 0 Å². The zero-order valence-corrected chi connectivity index (χ0v) is 9.91. The highest BCUT2D eigenvalue weighted by atomic mass is 19.4. The summed E-state index contributed by atoms with van der Waals surface area (Å²) in [6.07, 6.45) is -2.92. The van der Waals surface area contributed by atoms with Crippen LogP contribution in [0.25, 0.3) is 0 Å². The van der Waals surface area contributed by atoms with Gasteiger partial charge in [-0.2, -0.15) is 13.2 Å². The molecule has 102 valence electrons. The summed E-state index contributed by atoms with van der Waals surface area (Å²) in [5.41, 5.74) is 5.50. The lowest BCUT2D eigenvalue weighted by molar-refractivity contribution is -0.137. The van der Waals surface area contributed by atoms with Crippen molar-refractivity contribution in [3.05, 3.63) is 53.5 Å². The minimum atomic E-state index is -4.38. The zero-order valence-electron chi connectivity index (χ0n) is 9.91. The molecule has 2 rings (SSSR count). The Morgan fingerprint density at radius 1 is 1.21 bits per heavy atom. The third kappa shape index (κ3) is 3.29. The van der Waals surface area contributed by atoms with E-state index in [1.165, 1.54) is 18.4 Å².